The van der Waals surface area contributed by atoms with Gasteiger partial charge < -0.3 is 4.74 Å². The Bertz CT molecular complexity index is 532. The largest absolute Gasteiger partial charge is 0.444 e. The van der Waals surface area contributed by atoms with Crippen molar-refractivity contribution in [3.05, 3.63) is 60.0 Å². The minimum Gasteiger partial charge on any atom is -0.444 e. The summed E-state index contributed by atoms with van der Waals surface area (Å²) in [6.45, 7) is 0.155. The number of anilines is 1. The molecule has 92 valence electrons. The summed E-state index contributed by atoms with van der Waals surface area (Å²) >= 11 is 0. The molecule has 0 bridgehead atoms. The highest BCUT2D eigenvalue weighted by Gasteiger charge is 2.05. The van der Waals surface area contributed by atoms with Crippen LogP contribution in [0.4, 0.5) is 15.0 Å². The van der Waals surface area contributed by atoms with Gasteiger partial charge in [-0.1, -0.05) is 36.4 Å². The summed E-state index contributed by atoms with van der Waals surface area (Å²) in [6.07, 6.45) is -0.669. The number of amides is 1. The lowest BCUT2D eigenvalue weighted by atomic mass is 10.2. The number of ether oxygens (including phenoxy) is 1. The molecule has 2 rings (SSSR count). The lowest BCUT2D eigenvalue weighted by molar-refractivity contribution is 0.155. The van der Waals surface area contributed by atoms with Gasteiger partial charge in [0, 0.05) is 0 Å². The van der Waals surface area contributed by atoms with Crippen molar-refractivity contribution in [2.75, 3.05) is 5.32 Å². The predicted octanol–water partition coefficient (Wildman–Crippen LogP) is 2.97. The van der Waals surface area contributed by atoms with Gasteiger partial charge in [0.1, 0.15) is 12.4 Å². The Hall–Kier alpha value is -2.43. The molecule has 0 saturated carbocycles. The van der Waals surface area contributed by atoms with E-state index < -0.39 is 12.0 Å². The van der Waals surface area contributed by atoms with E-state index in [-0.39, 0.29) is 12.4 Å². The van der Waals surface area contributed by atoms with Gasteiger partial charge in [-0.3, -0.25) is 5.32 Å². The molecule has 0 fully saturated rings. The van der Waals surface area contributed by atoms with E-state index in [1.54, 1.807) is 0 Å². The number of hydrogen-bond acceptors (Lipinski definition) is 3. The molecule has 0 saturated heterocycles. The third-order valence-corrected chi connectivity index (χ3v) is 2.16. The normalized spacial score (nSPS) is 9.83. The smallest absolute Gasteiger partial charge is 0.413 e. The highest BCUT2D eigenvalue weighted by atomic mass is 19.1. The molecule has 0 aliphatic rings. The van der Waals surface area contributed by atoms with E-state index in [0.717, 1.165) is 5.56 Å². The van der Waals surface area contributed by atoms with Gasteiger partial charge in [0.25, 0.3) is 0 Å². The van der Waals surface area contributed by atoms with Crippen LogP contribution in [-0.4, -0.2) is 11.1 Å². The van der Waals surface area contributed by atoms with Crippen molar-refractivity contribution >= 4 is 11.9 Å². The summed E-state index contributed by atoms with van der Waals surface area (Å²) in [5.74, 6) is -0.538. The van der Waals surface area contributed by atoms with Crippen molar-refractivity contribution in [2.24, 2.45) is 0 Å². The topological polar surface area (TPSA) is 51.2 Å². The first kappa shape index (κ1) is 12.0. The molecule has 0 radical (unpaired) electrons. The Kier molecular flexibility index (Phi) is 3.86. The average Bonchev–Trinajstić information content (AvgIpc) is 2.38. The van der Waals surface area contributed by atoms with Gasteiger partial charge in [0.05, 0.1) is 0 Å². The van der Waals surface area contributed by atoms with Crippen molar-refractivity contribution in [3.63, 3.8) is 0 Å². The second-order valence-corrected chi connectivity index (χ2v) is 3.53. The van der Waals surface area contributed by atoms with E-state index in [4.69, 9.17) is 4.74 Å². The number of halogens is 1. The van der Waals surface area contributed by atoms with Gasteiger partial charge in [-0.25, -0.2) is 9.78 Å². The van der Waals surface area contributed by atoms with Crippen molar-refractivity contribution in [1.82, 2.24) is 4.98 Å². The zero-order valence-electron chi connectivity index (χ0n) is 9.47. The fourth-order valence-electron chi connectivity index (χ4n) is 1.34. The number of rotatable bonds is 3. The molecule has 0 aliphatic heterocycles. The minimum absolute atomic E-state index is 0.119. The number of hydrogen-bond donors (Lipinski definition) is 1. The van der Waals surface area contributed by atoms with Crippen LogP contribution < -0.4 is 5.32 Å². The van der Waals surface area contributed by atoms with Gasteiger partial charge in [-0.2, -0.15) is 4.39 Å². The summed E-state index contributed by atoms with van der Waals surface area (Å²) < 4.78 is 17.7. The lowest BCUT2D eigenvalue weighted by Gasteiger charge is -2.06. The number of aromatic nitrogens is 1. The number of carbonyl (C=O) groups excluding carboxylic acids is 1. The van der Waals surface area contributed by atoms with Gasteiger partial charge in [-0.15, -0.1) is 0 Å². The highest BCUT2D eigenvalue weighted by Crippen LogP contribution is 2.05. The Balaban J connectivity index is 1.86. The zero-order chi connectivity index (χ0) is 12.8. The monoisotopic (exact) mass is 246 g/mol. The molecule has 0 atom stereocenters. The van der Waals surface area contributed by atoms with Crippen LogP contribution in [0.2, 0.25) is 0 Å². The van der Waals surface area contributed by atoms with Gasteiger partial charge in [0.2, 0.25) is 5.95 Å². The summed E-state index contributed by atoms with van der Waals surface area (Å²) in [4.78, 5) is 14.9. The molecular weight excluding hydrogens is 235 g/mol. The van der Waals surface area contributed by atoms with Crippen LogP contribution in [-0.2, 0) is 11.3 Å². The summed E-state index contributed by atoms with van der Waals surface area (Å²) in [6, 6.07) is 13.4. The van der Waals surface area contributed by atoms with Crippen LogP contribution in [0.25, 0.3) is 0 Å². The highest BCUT2D eigenvalue weighted by molar-refractivity contribution is 5.83. The summed E-state index contributed by atoms with van der Waals surface area (Å²) in [5.41, 5.74) is 0.875. The first-order valence-electron chi connectivity index (χ1n) is 5.34. The van der Waals surface area contributed by atoms with E-state index in [2.05, 4.69) is 10.3 Å². The molecule has 1 N–H and O–H groups in total. The minimum atomic E-state index is -0.669. The Labute approximate surface area is 103 Å². The number of nitrogens with one attached hydrogen (secondary N) is 1. The summed E-state index contributed by atoms with van der Waals surface area (Å²) in [7, 11) is 0. The van der Waals surface area contributed by atoms with E-state index in [9.17, 15) is 9.18 Å². The molecule has 1 heterocycles. The van der Waals surface area contributed by atoms with Crippen LogP contribution in [0.15, 0.2) is 48.5 Å². The molecule has 1 amide bonds. The molecular formula is C13H11FN2O2. The number of nitrogens with zero attached hydrogens (tertiary/aromatic N) is 1. The Morgan fingerprint density at radius 2 is 1.94 bits per heavy atom. The first-order valence-corrected chi connectivity index (χ1v) is 5.34. The Morgan fingerprint density at radius 3 is 2.67 bits per heavy atom. The van der Waals surface area contributed by atoms with E-state index in [0.29, 0.717) is 0 Å². The van der Waals surface area contributed by atoms with Crippen LogP contribution >= 0.6 is 0 Å². The number of pyridine rings is 1. The van der Waals surface area contributed by atoms with E-state index in [1.165, 1.54) is 18.2 Å². The zero-order valence-corrected chi connectivity index (χ0v) is 9.47. The number of carbonyl (C=O) groups is 1. The number of benzene rings is 1. The quantitative estimate of drug-likeness (QED) is 0.847. The second kappa shape index (κ2) is 5.77. The van der Waals surface area contributed by atoms with Crippen molar-refractivity contribution in [1.29, 1.82) is 0 Å². The van der Waals surface area contributed by atoms with E-state index in [1.807, 2.05) is 30.3 Å². The first-order chi connectivity index (χ1) is 8.74. The maximum atomic E-state index is 12.8. The third kappa shape index (κ3) is 3.55. The summed E-state index contributed by atoms with van der Waals surface area (Å²) in [5, 5.41) is 2.34. The fourth-order valence-corrected chi connectivity index (χ4v) is 1.34. The van der Waals surface area contributed by atoms with Crippen LogP contribution in [0.1, 0.15) is 5.56 Å². The molecule has 4 nitrogen and oxygen atoms in total. The van der Waals surface area contributed by atoms with Crippen LogP contribution in [0, 0.1) is 5.95 Å². The van der Waals surface area contributed by atoms with Crippen molar-refractivity contribution in [3.8, 4) is 0 Å². The third-order valence-electron chi connectivity index (χ3n) is 2.16. The van der Waals surface area contributed by atoms with Gasteiger partial charge in [-0.05, 0) is 17.7 Å². The van der Waals surface area contributed by atoms with Crippen molar-refractivity contribution < 1.29 is 13.9 Å². The maximum Gasteiger partial charge on any atom is 0.413 e. The SMILES string of the molecule is O=C(Nc1cccc(F)n1)OCc1ccccc1. The maximum absolute atomic E-state index is 12.8. The van der Waals surface area contributed by atoms with Gasteiger partial charge >= 0.3 is 6.09 Å². The Morgan fingerprint density at radius 1 is 1.17 bits per heavy atom. The average molecular weight is 246 g/mol. The molecule has 1 aromatic heterocycles. The van der Waals surface area contributed by atoms with Crippen LogP contribution in [0.3, 0.4) is 0 Å². The molecule has 5 heteroatoms. The fraction of sp³-hybridized carbons (Fsp3) is 0.0769. The molecule has 2 aromatic rings. The molecule has 0 unspecified atom stereocenters. The van der Waals surface area contributed by atoms with Crippen molar-refractivity contribution in [2.45, 2.75) is 6.61 Å². The van der Waals surface area contributed by atoms with Crippen LogP contribution in [0.5, 0.6) is 0 Å². The molecule has 1 aromatic carbocycles. The van der Waals surface area contributed by atoms with E-state index >= 15 is 0 Å². The molecule has 18 heavy (non-hydrogen) atoms. The molecule has 0 aliphatic carbocycles. The predicted molar refractivity (Wildman–Crippen MR) is 64.4 cm³/mol. The molecule has 0 spiro atoms. The lowest BCUT2D eigenvalue weighted by Crippen LogP contribution is -2.14. The second-order valence-electron chi connectivity index (χ2n) is 3.53. The standard InChI is InChI=1S/C13H11FN2O2/c14-11-7-4-8-12(15-11)16-13(17)18-9-10-5-2-1-3-6-10/h1-8H,9H2,(H,15,16,17). The van der Waals surface area contributed by atoms with Gasteiger partial charge in [0.15, 0.2) is 0 Å².